The highest BCUT2D eigenvalue weighted by Crippen LogP contribution is 2.23. The van der Waals surface area contributed by atoms with Gasteiger partial charge in [0.1, 0.15) is 12.4 Å². The highest BCUT2D eigenvalue weighted by atomic mass is 32.2. The molecule has 0 bridgehead atoms. The van der Waals surface area contributed by atoms with Gasteiger partial charge in [-0.15, -0.1) is 0 Å². The number of hydrogen-bond donors (Lipinski definition) is 0. The molecule has 0 unspecified atom stereocenters. The first-order valence-corrected chi connectivity index (χ1v) is 12.3. The summed E-state index contributed by atoms with van der Waals surface area (Å²) in [7, 11) is -1.68. The van der Waals surface area contributed by atoms with Gasteiger partial charge in [0.05, 0.1) is 18.0 Å². The van der Waals surface area contributed by atoms with Crippen LogP contribution in [0.15, 0.2) is 81.1 Å². The molecule has 2 heterocycles. The number of benzene rings is 2. The second-order valence-electron chi connectivity index (χ2n) is 7.59. The minimum atomic E-state index is -3.30. The first kappa shape index (κ1) is 23.4. The second kappa shape index (κ2) is 10.0. The number of nitrogens with zero attached hydrogens (tertiary/aromatic N) is 3. The van der Waals surface area contributed by atoms with Crippen molar-refractivity contribution in [2.24, 2.45) is 0 Å². The first-order valence-electron chi connectivity index (χ1n) is 10.4. The highest BCUT2D eigenvalue weighted by molar-refractivity contribution is 7.90. The summed E-state index contributed by atoms with van der Waals surface area (Å²) < 4.78 is 40.8. The zero-order valence-electron chi connectivity index (χ0n) is 18.7. The molecule has 176 valence electrons. The van der Waals surface area contributed by atoms with E-state index in [1.54, 1.807) is 36.1 Å². The fraction of sp³-hybridized carbons (Fsp3) is 0.208. The number of sulfone groups is 1. The number of pyridine rings is 1. The van der Waals surface area contributed by atoms with Gasteiger partial charge in [-0.05, 0) is 48.0 Å². The Labute approximate surface area is 196 Å². The quantitative estimate of drug-likeness (QED) is 0.335. The van der Waals surface area contributed by atoms with Gasteiger partial charge in [0.25, 0.3) is 11.4 Å². The monoisotopic (exact) mass is 481 g/mol. The molecule has 0 fully saturated rings. The van der Waals surface area contributed by atoms with E-state index in [4.69, 9.17) is 14.0 Å². The van der Waals surface area contributed by atoms with Crippen LogP contribution < -0.4 is 10.3 Å². The average Bonchev–Trinajstić information content (AvgIpc) is 3.31. The van der Waals surface area contributed by atoms with Crippen molar-refractivity contribution < 1.29 is 22.4 Å². The lowest BCUT2D eigenvalue weighted by molar-refractivity contribution is 0.146. The molecule has 34 heavy (non-hydrogen) atoms. The van der Waals surface area contributed by atoms with Crippen LogP contribution in [0.5, 0.6) is 5.75 Å². The molecule has 0 atom stereocenters. The molecule has 0 N–H and O–H groups in total. The molecule has 0 aliphatic carbocycles. The largest absolute Gasteiger partial charge is 0.491 e. The standard InChI is InChI=1S/C24H23N3O6S/c1-31-12-13-32-20-5-3-4-17(14-20)15-27-16-19(8-11-22(27)28)23-25-24(33-26-23)18-6-9-21(10-7-18)34(2,29)30/h3-11,14,16H,12-13,15H2,1-2H3. The van der Waals surface area contributed by atoms with Crippen molar-refractivity contribution in [3.63, 3.8) is 0 Å². The predicted octanol–water partition coefficient (Wildman–Crippen LogP) is 3.04. The van der Waals surface area contributed by atoms with E-state index < -0.39 is 9.84 Å². The lowest BCUT2D eigenvalue weighted by atomic mass is 10.2. The van der Waals surface area contributed by atoms with E-state index in [9.17, 15) is 13.2 Å². The lowest BCUT2D eigenvalue weighted by Gasteiger charge is -2.10. The summed E-state index contributed by atoms with van der Waals surface area (Å²) in [6, 6.07) is 16.8. The minimum absolute atomic E-state index is 0.172. The highest BCUT2D eigenvalue weighted by Gasteiger charge is 2.14. The van der Waals surface area contributed by atoms with Crippen molar-refractivity contribution in [2.45, 2.75) is 11.4 Å². The maximum Gasteiger partial charge on any atom is 0.258 e. The van der Waals surface area contributed by atoms with E-state index in [-0.39, 0.29) is 16.3 Å². The van der Waals surface area contributed by atoms with E-state index in [1.807, 2.05) is 24.3 Å². The summed E-state index contributed by atoms with van der Waals surface area (Å²) in [4.78, 5) is 17.1. The van der Waals surface area contributed by atoms with Crippen molar-refractivity contribution in [3.8, 4) is 28.6 Å². The third kappa shape index (κ3) is 5.59. The normalized spacial score (nSPS) is 11.5. The van der Waals surface area contributed by atoms with E-state index in [2.05, 4.69) is 10.1 Å². The average molecular weight is 482 g/mol. The summed E-state index contributed by atoms with van der Waals surface area (Å²) in [5.41, 5.74) is 1.92. The van der Waals surface area contributed by atoms with E-state index in [0.717, 1.165) is 11.8 Å². The Balaban J connectivity index is 1.55. The Morgan fingerprint density at radius 1 is 1.00 bits per heavy atom. The molecule has 0 saturated heterocycles. The lowest BCUT2D eigenvalue weighted by Crippen LogP contribution is -2.19. The van der Waals surface area contributed by atoms with Crippen LogP contribution >= 0.6 is 0 Å². The Morgan fingerprint density at radius 3 is 2.50 bits per heavy atom. The summed E-state index contributed by atoms with van der Waals surface area (Å²) in [5.74, 6) is 1.25. The molecule has 0 aliphatic heterocycles. The summed E-state index contributed by atoms with van der Waals surface area (Å²) in [5, 5.41) is 4.02. The van der Waals surface area contributed by atoms with Gasteiger partial charge < -0.3 is 18.6 Å². The molecular weight excluding hydrogens is 458 g/mol. The van der Waals surface area contributed by atoms with Gasteiger partial charge >= 0.3 is 0 Å². The van der Waals surface area contributed by atoms with Gasteiger partial charge in [-0.3, -0.25) is 4.79 Å². The van der Waals surface area contributed by atoms with Crippen LogP contribution in [0.1, 0.15) is 5.56 Å². The van der Waals surface area contributed by atoms with E-state index >= 15 is 0 Å². The number of methoxy groups -OCH3 is 1. The Hall–Kier alpha value is -3.76. The Bertz CT molecular complexity index is 1440. The van der Waals surface area contributed by atoms with Gasteiger partial charge in [-0.25, -0.2) is 8.42 Å². The molecular formula is C24H23N3O6S. The number of hydrogen-bond acceptors (Lipinski definition) is 8. The Kier molecular flexibility index (Phi) is 6.90. The minimum Gasteiger partial charge on any atom is -0.491 e. The van der Waals surface area contributed by atoms with Crippen LogP contribution in [0, 0.1) is 0 Å². The summed E-state index contributed by atoms with van der Waals surface area (Å²) >= 11 is 0. The topological polar surface area (TPSA) is 114 Å². The van der Waals surface area contributed by atoms with Crippen LogP contribution in [0.4, 0.5) is 0 Å². The van der Waals surface area contributed by atoms with Crippen LogP contribution in [0.3, 0.4) is 0 Å². The van der Waals surface area contributed by atoms with Crippen molar-refractivity contribution in [1.82, 2.24) is 14.7 Å². The number of ether oxygens (including phenoxy) is 2. The SMILES string of the molecule is COCCOc1cccc(Cn2cc(-c3noc(-c4ccc(S(C)(=O)=O)cc4)n3)ccc2=O)c1. The maximum atomic E-state index is 12.4. The maximum absolute atomic E-state index is 12.4. The van der Waals surface area contributed by atoms with Gasteiger partial charge in [-0.2, -0.15) is 4.98 Å². The number of rotatable bonds is 9. The molecule has 10 heteroatoms. The molecule has 2 aromatic heterocycles. The van der Waals surface area contributed by atoms with Gasteiger partial charge in [0.2, 0.25) is 5.82 Å². The van der Waals surface area contributed by atoms with Crippen molar-refractivity contribution in [1.29, 1.82) is 0 Å². The molecule has 2 aromatic carbocycles. The molecule has 0 radical (unpaired) electrons. The van der Waals surface area contributed by atoms with Crippen molar-refractivity contribution in [2.75, 3.05) is 26.6 Å². The molecule has 0 saturated carbocycles. The van der Waals surface area contributed by atoms with Crippen molar-refractivity contribution >= 4 is 9.84 Å². The van der Waals surface area contributed by atoms with Crippen LogP contribution in [-0.4, -0.2) is 49.7 Å². The van der Waals surface area contributed by atoms with Crippen molar-refractivity contribution in [3.05, 3.63) is 82.8 Å². The van der Waals surface area contributed by atoms with E-state index in [1.165, 1.54) is 18.2 Å². The molecule has 9 nitrogen and oxygen atoms in total. The first-order chi connectivity index (χ1) is 16.3. The smallest absolute Gasteiger partial charge is 0.258 e. The second-order valence-corrected chi connectivity index (χ2v) is 9.61. The molecule has 4 rings (SSSR count). The zero-order valence-corrected chi connectivity index (χ0v) is 19.5. The van der Waals surface area contributed by atoms with Gasteiger partial charge in [0.15, 0.2) is 9.84 Å². The molecule has 0 aliphatic rings. The number of aromatic nitrogens is 3. The summed E-state index contributed by atoms with van der Waals surface area (Å²) in [6.07, 6.45) is 2.81. The molecule has 0 amide bonds. The predicted molar refractivity (Wildman–Crippen MR) is 125 cm³/mol. The third-order valence-corrected chi connectivity index (χ3v) is 6.13. The van der Waals surface area contributed by atoms with Crippen LogP contribution in [-0.2, 0) is 21.1 Å². The third-order valence-electron chi connectivity index (χ3n) is 5.00. The molecule has 4 aromatic rings. The summed E-state index contributed by atoms with van der Waals surface area (Å²) in [6.45, 7) is 1.26. The van der Waals surface area contributed by atoms with Gasteiger partial charge in [-0.1, -0.05) is 17.3 Å². The van der Waals surface area contributed by atoms with Gasteiger partial charge in [0, 0.05) is 36.8 Å². The fourth-order valence-corrected chi connectivity index (χ4v) is 3.89. The van der Waals surface area contributed by atoms with E-state index in [0.29, 0.717) is 42.5 Å². The Morgan fingerprint density at radius 2 is 1.76 bits per heavy atom. The van der Waals surface area contributed by atoms with Crippen LogP contribution in [0.2, 0.25) is 0 Å². The zero-order chi connectivity index (χ0) is 24.1. The fourth-order valence-electron chi connectivity index (χ4n) is 3.26. The van der Waals surface area contributed by atoms with Crippen LogP contribution in [0.25, 0.3) is 22.8 Å². The molecule has 0 spiro atoms.